The number of aryl methyl sites for hydroxylation is 1. The zero-order chi connectivity index (χ0) is 13.8. The molecule has 0 unspecified atom stereocenters. The van der Waals surface area contributed by atoms with Crippen molar-refractivity contribution in [2.45, 2.75) is 6.92 Å². The van der Waals surface area contributed by atoms with E-state index in [1.54, 1.807) is 25.1 Å². The lowest BCUT2D eigenvalue weighted by atomic mass is 10.1. The summed E-state index contributed by atoms with van der Waals surface area (Å²) in [5, 5.41) is 2.50. The van der Waals surface area contributed by atoms with Gasteiger partial charge in [-0.3, -0.25) is 15.6 Å². The summed E-state index contributed by atoms with van der Waals surface area (Å²) in [5.74, 6) is 4.32. The second-order valence-electron chi connectivity index (χ2n) is 3.98. The highest BCUT2D eigenvalue weighted by Crippen LogP contribution is 2.17. The monoisotopic (exact) mass is 260 g/mol. The topological polar surface area (TPSA) is 80.0 Å². The van der Waals surface area contributed by atoms with Crippen LogP contribution in [0.25, 0.3) is 0 Å². The molecule has 1 heterocycles. The number of hydrogen-bond acceptors (Lipinski definition) is 4. The van der Waals surface area contributed by atoms with Gasteiger partial charge in [-0.2, -0.15) is 0 Å². The van der Waals surface area contributed by atoms with Gasteiger partial charge in [-0.05, 0) is 36.8 Å². The molecule has 98 valence electrons. The minimum absolute atomic E-state index is 0.0976. The molecular formula is C13H13FN4O. The van der Waals surface area contributed by atoms with E-state index in [0.717, 1.165) is 11.8 Å². The van der Waals surface area contributed by atoms with Crippen molar-refractivity contribution in [1.29, 1.82) is 0 Å². The zero-order valence-corrected chi connectivity index (χ0v) is 10.3. The minimum Gasteiger partial charge on any atom is -0.324 e. The van der Waals surface area contributed by atoms with Crippen molar-refractivity contribution >= 4 is 17.3 Å². The third-order valence-corrected chi connectivity index (χ3v) is 2.66. The van der Waals surface area contributed by atoms with Crippen LogP contribution in [0.15, 0.2) is 36.7 Å². The molecule has 0 radical (unpaired) electrons. The van der Waals surface area contributed by atoms with Crippen LogP contribution in [-0.4, -0.2) is 10.9 Å². The number of amides is 1. The van der Waals surface area contributed by atoms with E-state index in [1.807, 2.05) is 0 Å². The predicted molar refractivity (Wildman–Crippen MR) is 71.1 cm³/mol. The van der Waals surface area contributed by atoms with Gasteiger partial charge in [0.25, 0.3) is 5.91 Å². The Bertz CT molecular complexity index is 615. The Morgan fingerprint density at radius 3 is 2.79 bits per heavy atom. The molecule has 0 bridgehead atoms. The average Bonchev–Trinajstić information content (AvgIpc) is 2.41. The van der Waals surface area contributed by atoms with Gasteiger partial charge in [-0.1, -0.05) is 0 Å². The number of nitrogen functional groups attached to an aromatic ring is 1. The van der Waals surface area contributed by atoms with Gasteiger partial charge in [0.1, 0.15) is 0 Å². The summed E-state index contributed by atoms with van der Waals surface area (Å²) in [6.07, 6.45) is 2.46. The molecule has 0 saturated heterocycles. The fourth-order valence-corrected chi connectivity index (χ4v) is 1.67. The van der Waals surface area contributed by atoms with E-state index in [-0.39, 0.29) is 11.6 Å². The van der Waals surface area contributed by atoms with Crippen LogP contribution in [0.2, 0.25) is 0 Å². The lowest BCUT2D eigenvalue weighted by Gasteiger charge is -2.09. The molecule has 2 aromatic rings. The summed E-state index contributed by atoms with van der Waals surface area (Å²) in [7, 11) is 0. The van der Waals surface area contributed by atoms with Crippen LogP contribution in [0.1, 0.15) is 15.9 Å². The summed E-state index contributed by atoms with van der Waals surface area (Å²) in [6.45, 7) is 1.78. The number of nitrogens with two attached hydrogens (primary N) is 1. The molecule has 6 heteroatoms. The van der Waals surface area contributed by atoms with Crippen LogP contribution in [-0.2, 0) is 0 Å². The average molecular weight is 260 g/mol. The summed E-state index contributed by atoms with van der Waals surface area (Å²) < 4.78 is 13.4. The maximum atomic E-state index is 13.4. The van der Waals surface area contributed by atoms with Crippen LogP contribution < -0.4 is 16.6 Å². The second kappa shape index (κ2) is 5.45. The van der Waals surface area contributed by atoms with E-state index in [2.05, 4.69) is 15.7 Å². The van der Waals surface area contributed by atoms with Gasteiger partial charge in [-0.25, -0.2) is 4.39 Å². The lowest BCUT2D eigenvalue weighted by molar-refractivity contribution is 0.102. The van der Waals surface area contributed by atoms with Crippen molar-refractivity contribution in [3.63, 3.8) is 0 Å². The Balaban J connectivity index is 2.23. The van der Waals surface area contributed by atoms with Gasteiger partial charge in [-0.15, -0.1) is 0 Å². The number of hydrazine groups is 1. The first-order valence-electron chi connectivity index (χ1n) is 5.60. The highest BCUT2D eigenvalue weighted by molar-refractivity contribution is 6.05. The fourth-order valence-electron chi connectivity index (χ4n) is 1.67. The van der Waals surface area contributed by atoms with E-state index in [4.69, 9.17) is 5.84 Å². The van der Waals surface area contributed by atoms with Gasteiger partial charge in [0.2, 0.25) is 0 Å². The van der Waals surface area contributed by atoms with Gasteiger partial charge in [0.05, 0.1) is 11.9 Å². The first-order chi connectivity index (χ1) is 9.11. The SMILES string of the molecule is Cc1cc(NN)ccc1C(=O)Nc1ccncc1F. The lowest BCUT2D eigenvalue weighted by Crippen LogP contribution is -2.15. The number of pyridine rings is 1. The Labute approximate surface area is 109 Å². The fraction of sp³-hybridized carbons (Fsp3) is 0.0769. The van der Waals surface area contributed by atoms with Crippen molar-refractivity contribution in [2.75, 3.05) is 10.7 Å². The Hall–Kier alpha value is -2.47. The predicted octanol–water partition coefficient (Wildman–Crippen LogP) is 2.07. The second-order valence-corrected chi connectivity index (χ2v) is 3.98. The van der Waals surface area contributed by atoms with Gasteiger partial charge < -0.3 is 10.7 Å². The molecule has 0 spiro atoms. The number of nitrogens with one attached hydrogen (secondary N) is 2. The van der Waals surface area contributed by atoms with E-state index in [0.29, 0.717) is 11.3 Å². The smallest absolute Gasteiger partial charge is 0.256 e. The molecule has 0 saturated carbocycles. The molecule has 2 rings (SSSR count). The van der Waals surface area contributed by atoms with E-state index in [9.17, 15) is 9.18 Å². The first kappa shape index (κ1) is 13.0. The number of nitrogens with zero attached hydrogens (tertiary/aromatic N) is 1. The minimum atomic E-state index is -0.575. The molecule has 4 N–H and O–H groups in total. The summed E-state index contributed by atoms with van der Waals surface area (Å²) in [5.41, 5.74) is 4.48. The molecule has 1 amide bonds. The Morgan fingerprint density at radius 2 is 2.16 bits per heavy atom. The normalized spacial score (nSPS) is 10.1. The standard InChI is InChI=1S/C13H13FN4O/c1-8-6-9(18-15)2-3-10(8)13(19)17-12-4-5-16-7-11(12)14/h2-7,18H,15H2,1H3,(H,16,17,19). The Kier molecular flexibility index (Phi) is 3.72. The molecule has 0 atom stereocenters. The molecular weight excluding hydrogens is 247 g/mol. The molecule has 5 nitrogen and oxygen atoms in total. The van der Waals surface area contributed by atoms with E-state index >= 15 is 0 Å². The first-order valence-corrected chi connectivity index (χ1v) is 5.60. The van der Waals surface area contributed by atoms with Crippen LogP contribution in [0.5, 0.6) is 0 Å². The van der Waals surface area contributed by atoms with Crippen molar-refractivity contribution in [1.82, 2.24) is 4.98 Å². The molecule has 1 aromatic carbocycles. The number of benzene rings is 1. The number of halogens is 1. The molecule has 19 heavy (non-hydrogen) atoms. The van der Waals surface area contributed by atoms with Crippen molar-refractivity contribution < 1.29 is 9.18 Å². The number of aromatic nitrogens is 1. The van der Waals surface area contributed by atoms with Crippen LogP contribution in [0, 0.1) is 12.7 Å². The molecule has 0 aliphatic rings. The molecule has 0 aliphatic carbocycles. The summed E-state index contributed by atoms with van der Waals surface area (Å²) in [6, 6.07) is 6.43. The quantitative estimate of drug-likeness (QED) is 0.583. The van der Waals surface area contributed by atoms with Gasteiger partial charge in [0.15, 0.2) is 5.82 Å². The number of hydrogen-bond donors (Lipinski definition) is 3. The number of carbonyl (C=O) groups excluding carboxylic acids is 1. The molecule has 0 aliphatic heterocycles. The number of anilines is 2. The van der Waals surface area contributed by atoms with Crippen molar-refractivity contribution in [3.05, 3.63) is 53.6 Å². The maximum absolute atomic E-state index is 13.4. The Morgan fingerprint density at radius 1 is 1.37 bits per heavy atom. The van der Waals surface area contributed by atoms with Gasteiger partial charge >= 0.3 is 0 Å². The highest BCUT2D eigenvalue weighted by Gasteiger charge is 2.11. The third kappa shape index (κ3) is 2.86. The number of carbonyl (C=O) groups is 1. The van der Waals surface area contributed by atoms with Gasteiger partial charge in [0, 0.05) is 17.4 Å². The number of rotatable bonds is 3. The van der Waals surface area contributed by atoms with Crippen LogP contribution in [0.3, 0.4) is 0 Å². The third-order valence-electron chi connectivity index (χ3n) is 2.66. The van der Waals surface area contributed by atoms with Crippen molar-refractivity contribution in [2.24, 2.45) is 5.84 Å². The van der Waals surface area contributed by atoms with E-state index in [1.165, 1.54) is 12.3 Å². The van der Waals surface area contributed by atoms with Crippen molar-refractivity contribution in [3.8, 4) is 0 Å². The summed E-state index contributed by atoms with van der Waals surface area (Å²) in [4.78, 5) is 15.7. The van der Waals surface area contributed by atoms with Crippen LogP contribution in [0.4, 0.5) is 15.8 Å². The zero-order valence-electron chi connectivity index (χ0n) is 10.3. The summed E-state index contributed by atoms with van der Waals surface area (Å²) >= 11 is 0. The molecule has 1 aromatic heterocycles. The molecule has 0 fully saturated rings. The highest BCUT2D eigenvalue weighted by atomic mass is 19.1. The van der Waals surface area contributed by atoms with Crippen LogP contribution >= 0.6 is 0 Å². The maximum Gasteiger partial charge on any atom is 0.256 e. The largest absolute Gasteiger partial charge is 0.324 e. The van der Waals surface area contributed by atoms with E-state index < -0.39 is 5.82 Å².